The molecule has 4 nitrogen and oxygen atoms in total. The predicted octanol–water partition coefficient (Wildman–Crippen LogP) is 2.64. The van der Waals surface area contributed by atoms with Crippen LogP contribution in [0.4, 0.5) is 0 Å². The number of pyridine rings is 1. The van der Waals surface area contributed by atoms with Gasteiger partial charge in [0.2, 0.25) is 0 Å². The third-order valence-corrected chi connectivity index (χ3v) is 3.65. The first-order chi connectivity index (χ1) is 8.70. The Bertz CT molecular complexity index is 509. The van der Waals surface area contributed by atoms with Crippen molar-refractivity contribution in [1.82, 2.24) is 20.1 Å². The van der Waals surface area contributed by atoms with E-state index < -0.39 is 0 Å². The SMILES string of the molecule is CCNC(C)c1cccnc1Sc1cnn(C)c1. The van der Waals surface area contributed by atoms with E-state index in [0.29, 0.717) is 6.04 Å². The minimum atomic E-state index is 0.308. The number of hydrogen-bond acceptors (Lipinski definition) is 4. The molecule has 0 radical (unpaired) electrons. The topological polar surface area (TPSA) is 42.7 Å². The standard InChI is InChI=1S/C13H18N4S/c1-4-14-10(2)12-6-5-7-15-13(12)18-11-8-16-17(3)9-11/h5-10,14H,4H2,1-3H3. The average molecular weight is 262 g/mol. The van der Waals surface area contributed by atoms with Crippen molar-refractivity contribution in [3.05, 3.63) is 36.3 Å². The van der Waals surface area contributed by atoms with Crippen LogP contribution in [-0.4, -0.2) is 21.3 Å². The smallest absolute Gasteiger partial charge is 0.106 e. The Morgan fingerprint density at radius 2 is 2.33 bits per heavy atom. The Morgan fingerprint density at radius 1 is 1.50 bits per heavy atom. The van der Waals surface area contributed by atoms with E-state index in [2.05, 4.69) is 35.3 Å². The third-order valence-electron chi connectivity index (χ3n) is 2.67. The number of nitrogens with one attached hydrogen (secondary N) is 1. The lowest BCUT2D eigenvalue weighted by Gasteiger charge is -2.15. The average Bonchev–Trinajstić information content (AvgIpc) is 2.76. The van der Waals surface area contributed by atoms with Crippen LogP contribution in [0.5, 0.6) is 0 Å². The fourth-order valence-corrected chi connectivity index (χ4v) is 2.80. The van der Waals surface area contributed by atoms with E-state index in [4.69, 9.17) is 0 Å². The molecule has 0 amide bonds. The predicted molar refractivity (Wildman–Crippen MR) is 73.7 cm³/mol. The van der Waals surface area contributed by atoms with Crippen molar-refractivity contribution < 1.29 is 0 Å². The molecule has 1 atom stereocenters. The van der Waals surface area contributed by atoms with Gasteiger partial charge in [0.25, 0.3) is 0 Å². The van der Waals surface area contributed by atoms with Gasteiger partial charge in [-0.2, -0.15) is 5.10 Å². The first-order valence-electron chi connectivity index (χ1n) is 6.05. The number of aryl methyl sites for hydroxylation is 1. The highest BCUT2D eigenvalue weighted by molar-refractivity contribution is 7.99. The first-order valence-corrected chi connectivity index (χ1v) is 6.87. The summed E-state index contributed by atoms with van der Waals surface area (Å²) in [7, 11) is 1.92. The molecule has 0 bridgehead atoms. The van der Waals surface area contributed by atoms with Gasteiger partial charge in [-0.3, -0.25) is 4.68 Å². The minimum Gasteiger partial charge on any atom is -0.310 e. The van der Waals surface area contributed by atoms with Crippen molar-refractivity contribution >= 4 is 11.8 Å². The van der Waals surface area contributed by atoms with E-state index in [9.17, 15) is 0 Å². The summed E-state index contributed by atoms with van der Waals surface area (Å²) < 4.78 is 1.80. The summed E-state index contributed by atoms with van der Waals surface area (Å²) in [5, 5.41) is 8.64. The molecule has 2 heterocycles. The molecule has 0 aliphatic carbocycles. The summed E-state index contributed by atoms with van der Waals surface area (Å²) in [5.41, 5.74) is 1.23. The van der Waals surface area contributed by atoms with Crippen LogP contribution in [0.2, 0.25) is 0 Å². The minimum absolute atomic E-state index is 0.308. The molecule has 1 N–H and O–H groups in total. The summed E-state index contributed by atoms with van der Waals surface area (Å²) in [6.07, 6.45) is 5.70. The summed E-state index contributed by atoms with van der Waals surface area (Å²) in [6, 6.07) is 4.41. The van der Waals surface area contributed by atoms with E-state index >= 15 is 0 Å². The van der Waals surface area contributed by atoms with Gasteiger partial charge in [0, 0.05) is 31.0 Å². The van der Waals surface area contributed by atoms with Crippen molar-refractivity contribution in [2.45, 2.75) is 29.8 Å². The van der Waals surface area contributed by atoms with Crippen LogP contribution in [-0.2, 0) is 7.05 Å². The molecule has 0 saturated carbocycles. The number of nitrogens with zero attached hydrogens (tertiary/aromatic N) is 3. The van der Waals surface area contributed by atoms with Crippen LogP contribution in [0.15, 0.2) is 40.6 Å². The molecule has 2 rings (SSSR count). The van der Waals surface area contributed by atoms with Gasteiger partial charge in [0.1, 0.15) is 5.03 Å². The maximum absolute atomic E-state index is 4.47. The van der Waals surface area contributed by atoms with E-state index in [1.807, 2.05) is 31.7 Å². The van der Waals surface area contributed by atoms with Crippen LogP contribution in [0.1, 0.15) is 25.5 Å². The molecule has 0 aromatic carbocycles. The highest BCUT2D eigenvalue weighted by atomic mass is 32.2. The summed E-state index contributed by atoms with van der Waals surface area (Å²) in [6.45, 7) is 5.22. The Labute approximate surface area is 112 Å². The molecule has 0 spiro atoms. The van der Waals surface area contributed by atoms with Crippen molar-refractivity contribution in [2.24, 2.45) is 7.05 Å². The molecule has 1 unspecified atom stereocenters. The van der Waals surface area contributed by atoms with Crippen molar-refractivity contribution in [1.29, 1.82) is 0 Å². The Hall–Kier alpha value is -1.33. The maximum atomic E-state index is 4.47. The molecule has 96 valence electrons. The van der Waals surface area contributed by atoms with Gasteiger partial charge >= 0.3 is 0 Å². The van der Waals surface area contributed by atoms with Gasteiger partial charge in [0.05, 0.1) is 11.1 Å². The van der Waals surface area contributed by atoms with Gasteiger partial charge < -0.3 is 5.32 Å². The Morgan fingerprint density at radius 3 is 3.00 bits per heavy atom. The molecular formula is C13H18N4S. The fraction of sp³-hybridized carbons (Fsp3) is 0.385. The Kier molecular flexibility index (Phi) is 4.38. The monoisotopic (exact) mass is 262 g/mol. The number of hydrogen-bond donors (Lipinski definition) is 1. The van der Waals surface area contributed by atoms with Crippen LogP contribution >= 0.6 is 11.8 Å². The zero-order chi connectivity index (χ0) is 13.0. The summed E-state index contributed by atoms with van der Waals surface area (Å²) in [4.78, 5) is 5.58. The normalized spacial score (nSPS) is 12.6. The van der Waals surface area contributed by atoms with E-state index in [-0.39, 0.29) is 0 Å². The highest BCUT2D eigenvalue weighted by Gasteiger charge is 2.12. The molecule has 0 fully saturated rings. The number of aromatic nitrogens is 3. The molecule has 2 aromatic heterocycles. The lowest BCUT2D eigenvalue weighted by molar-refractivity contribution is 0.585. The van der Waals surface area contributed by atoms with E-state index in [1.54, 1.807) is 16.4 Å². The second kappa shape index (κ2) is 6.02. The molecule has 0 aliphatic rings. The molecule has 5 heteroatoms. The second-order valence-electron chi connectivity index (χ2n) is 4.13. The van der Waals surface area contributed by atoms with Crippen LogP contribution in [0.3, 0.4) is 0 Å². The number of rotatable bonds is 5. The fourth-order valence-electron chi connectivity index (χ4n) is 1.80. The zero-order valence-corrected chi connectivity index (χ0v) is 11.7. The van der Waals surface area contributed by atoms with Gasteiger partial charge in [-0.1, -0.05) is 24.8 Å². The van der Waals surface area contributed by atoms with E-state index in [1.165, 1.54) is 5.56 Å². The quantitative estimate of drug-likeness (QED) is 0.899. The molecular weight excluding hydrogens is 244 g/mol. The van der Waals surface area contributed by atoms with Gasteiger partial charge in [-0.15, -0.1) is 0 Å². The largest absolute Gasteiger partial charge is 0.310 e. The van der Waals surface area contributed by atoms with E-state index in [0.717, 1.165) is 16.5 Å². The highest BCUT2D eigenvalue weighted by Crippen LogP contribution is 2.30. The molecule has 0 saturated heterocycles. The lowest BCUT2D eigenvalue weighted by atomic mass is 10.1. The maximum Gasteiger partial charge on any atom is 0.106 e. The van der Waals surface area contributed by atoms with Crippen molar-refractivity contribution in [3.8, 4) is 0 Å². The van der Waals surface area contributed by atoms with Gasteiger partial charge in [-0.25, -0.2) is 4.98 Å². The third kappa shape index (κ3) is 3.11. The second-order valence-corrected chi connectivity index (χ2v) is 5.19. The Balaban J connectivity index is 2.22. The molecule has 0 aliphatic heterocycles. The van der Waals surface area contributed by atoms with Gasteiger partial charge in [-0.05, 0) is 19.5 Å². The first kappa shape index (κ1) is 13.1. The summed E-state index contributed by atoms with van der Waals surface area (Å²) in [5.74, 6) is 0. The van der Waals surface area contributed by atoms with Crippen molar-refractivity contribution in [2.75, 3.05) is 6.54 Å². The van der Waals surface area contributed by atoms with Crippen LogP contribution in [0.25, 0.3) is 0 Å². The van der Waals surface area contributed by atoms with Crippen LogP contribution < -0.4 is 5.32 Å². The lowest BCUT2D eigenvalue weighted by Crippen LogP contribution is -2.18. The molecule has 2 aromatic rings. The van der Waals surface area contributed by atoms with Gasteiger partial charge in [0.15, 0.2) is 0 Å². The van der Waals surface area contributed by atoms with Crippen LogP contribution in [0, 0.1) is 0 Å². The molecule has 18 heavy (non-hydrogen) atoms. The summed E-state index contributed by atoms with van der Waals surface area (Å²) >= 11 is 1.65. The zero-order valence-electron chi connectivity index (χ0n) is 10.9. The van der Waals surface area contributed by atoms with Crippen molar-refractivity contribution in [3.63, 3.8) is 0 Å².